The van der Waals surface area contributed by atoms with E-state index in [1.807, 2.05) is 6.08 Å². The molecule has 25 heavy (non-hydrogen) atoms. The van der Waals surface area contributed by atoms with Crippen LogP contribution in [0.15, 0.2) is 42.7 Å². The SMILES string of the molecule is COc1ccc(C(=O)Nc2c(Cl)cncc2Cl)cc1O[C@@H]1C=CCC1. The van der Waals surface area contributed by atoms with Crippen LogP contribution in [-0.4, -0.2) is 24.1 Å². The van der Waals surface area contributed by atoms with Crippen LogP contribution in [0.25, 0.3) is 0 Å². The maximum Gasteiger partial charge on any atom is 0.255 e. The highest BCUT2D eigenvalue weighted by Gasteiger charge is 2.17. The van der Waals surface area contributed by atoms with Crippen LogP contribution in [-0.2, 0) is 0 Å². The summed E-state index contributed by atoms with van der Waals surface area (Å²) in [5, 5.41) is 3.23. The minimum absolute atomic E-state index is 0.0173. The van der Waals surface area contributed by atoms with Gasteiger partial charge in [-0.2, -0.15) is 0 Å². The molecule has 7 heteroatoms. The smallest absolute Gasteiger partial charge is 0.255 e. The fourth-order valence-electron chi connectivity index (χ4n) is 2.49. The molecule has 1 aromatic carbocycles. The first-order valence-electron chi connectivity index (χ1n) is 7.70. The summed E-state index contributed by atoms with van der Waals surface area (Å²) < 4.78 is 11.2. The first kappa shape index (κ1) is 17.6. The first-order valence-corrected chi connectivity index (χ1v) is 8.46. The quantitative estimate of drug-likeness (QED) is 0.762. The molecule has 0 radical (unpaired) electrons. The average molecular weight is 379 g/mol. The Hall–Kier alpha value is -2.24. The van der Waals surface area contributed by atoms with Gasteiger partial charge in [0.2, 0.25) is 0 Å². The number of ether oxygens (including phenoxy) is 2. The number of rotatable bonds is 5. The fourth-order valence-corrected chi connectivity index (χ4v) is 2.95. The van der Waals surface area contributed by atoms with Gasteiger partial charge < -0.3 is 14.8 Å². The number of carbonyl (C=O) groups is 1. The van der Waals surface area contributed by atoms with E-state index in [2.05, 4.69) is 16.4 Å². The number of halogens is 2. The monoisotopic (exact) mass is 378 g/mol. The zero-order valence-electron chi connectivity index (χ0n) is 13.5. The molecule has 1 amide bonds. The molecule has 0 bridgehead atoms. The van der Waals surface area contributed by atoms with E-state index >= 15 is 0 Å². The third-order valence-electron chi connectivity index (χ3n) is 3.76. The summed E-state index contributed by atoms with van der Waals surface area (Å²) >= 11 is 12.1. The summed E-state index contributed by atoms with van der Waals surface area (Å²) in [5.41, 5.74) is 0.724. The minimum atomic E-state index is -0.357. The number of nitrogens with one attached hydrogen (secondary N) is 1. The van der Waals surface area contributed by atoms with Gasteiger partial charge in [-0.1, -0.05) is 29.3 Å². The Morgan fingerprint density at radius 1 is 1.24 bits per heavy atom. The van der Waals surface area contributed by atoms with Crippen molar-refractivity contribution in [2.75, 3.05) is 12.4 Å². The summed E-state index contributed by atoms with van der Waals surface area (Å²) in [6, 6.07) is 4.98. The highest BCUT2D eigenvalue weighted by atomic mass is 35.5. The number of aromatic nitrogens is 1. The number of hydrogen-bond acceptors (Lipinski definition) is 4. The summed E-state index contributed by atoms with van der Waals surface area (Å²) in [4.78, 5) is 16.4. The Kier molecular flexibility index (Phi) is 5.46. The number of carbonyl (C=O) groups excluding carboxylic acids is 1. The van der Waals surface area contributed by atoms with E-state index in [9.17, 15) is 4.79 Å². The van der Waals surface area contributed by atoms with E-state index < -0.39 is 0 Å². The molecule has 2 aromatic rings. The number of methoxy groups -OCH3 is 1. The van der Waals surface area contributed by atoms with Crippen molar-refractivity contribution in [1.82, 2.24) is 4.98 Å². The second kappa shape index (κ2) is 7.76. The predicted molar refractivity (Wildman–Crippen MR) is 98.0 cm³/mol. The second-order valence-corrected chi connectivity index (χ2v) is 6.27. The van der Waals surface area contributed by atoms with Crippen molar-refractivity contribution in [2.45, 2.75) is 18.9 Å². The number of anilines is 1. The zero-order chi connectivity index (χ0) is 17.8. The number of hydrogen-bond donors (Lipinski definition) is 1. The highest BCUT2D eigenvalue weighted by Crippen LogP contribution is 2.32. The van der Waals surface area contributed by atoms with E-state index in [0.29, 0.717) is 22.7 Å². The summed E-state index contributed by atoms with van der Waals surface area (Å²) in [5.74, 6) is 0.722. The number of pyridine rings is 1. The molecule has 5 nitrogen and oxygen atoms in total. The molecule has 1 aliphatic rings. The zero-order valence-corrected chi connectivity index (χ0v) is 15.0. The van der Waals surface area contributed by atoms with Gasteiger partial charge in [-0.25, -0.2) is 0 Å². The van der Waals surface area contributed by atoms with Crippen LogP contribution in [0.2, 0.25) is 10.0 Å². The molecule has 0 saturated heterocycles. The van der Waals surface area contributed by atoms with E-state index in [1.165, 1.54) is 12.4 Å². The van der Waals surface area contributed by atoms with Crippen LogP contribution in [0.4, 0.5) is 5.69 Å². The molecule has 1 N–H and O–H groups in total. The minimum Gasteiger partial charge on any atom is -0.493 e. The predicted octanol–water partition coefficient (Wildman–Crippen LogP) is 4.75. The first-order chi connectivity index (χ1) is 12.1. The summed E-state index contributed by atoms with van der Waals surface area (Å²) in [7, 11) is 1.56. The maximum atomic E-state index is 12.5. The van der Waals surface area contributed by atoms with Crippen molar-refractivity contribution in [2.24, 2.45) is 0 Å². The molecule has 0 saturated carbocycles. The van der Waals surface area contributed by atoms with Crippen molar-refractivity contribution in [3.05, 3.63) is 58.4 Å². The molecule has 1 aliphatic carbocycles. The molecule has 1 atom stereocenters. The van der Waals surface area contributed by atoms with Gasteiger partial charge in [0.05, 0.1) is 22.8 Å². The van der Waals surface area contributed by atoms with E-state index in [4.69, 9.17) is 32.7 Å². The van der Waals surface area contributed by atoms with Crippen LogP contribution in [0.5, 0.6) is 11.5 Å². The lowest BCUT2D eigenvalue weighted by molar-refractivity contribution is 0.102. The van der Waals surface area contributed by atoms with Crippen LogP contribution in [0.3, 0.4) is 0 Å². The van der Waals surface area contributed by atoms with Gasteiger partial charge in [0.15, 0.2) is 11.5 Å². The molecule has 0 aliphatic heterocycles. The standard InChI is InChI=1S/C18H16Cl2N2O3/c1-24-15-7-6-11(8-16(15)25-12-4-2-3-5-12)18(23)22-17-13(19)9-21-10-14(17)20/h2,4,6-10,12H,3,5H2,1H3,(H,21,22,23)/t12-/m1/s1. The third-order valence-corrected chi connectivity index (χ3v) is 4.34. The van der Waals surface area contributed by atoms with Crippen molar-refractivity contribution >= 4 is 34.8 Å². The van der Waals surface area contributed by atoms with Crippen LogP contribution in [0, 0.1) is 0 Å². The topological polar surface area (TPSA) is 60.5 Å². The molecule has 1 aromatic heterocycles. The Labute approximate surface area is 155 Å². The lowest BCUT2D eigenvalue weighted by Crippen LogP contribution is -2.14. The normalized spacial score (nSPS) is 15.9. The Morgan fingerprint density at radius 3 is 2.64 bits per heavy atom. The van der Waals surface area contributed by atoms with Gasteiger partial charge >= 0.3 is 0 Å². The molecule has 1 heterocycles. The summed E-state index contributed by atoms with van der Waals surface area (Å²) in [6.45, 7) is 0. The molecule has 0 spiro atoms. The van der Waals surface area contributed by atoms with E-state index in [-0.39, 0.29) is 22.1 Å². The number of benzene rings is 1. The van der Waals surface area contributed by atoms with E-state index in [1.54, 1.807) is 25.3 Å². The van der Waals surface area contributed by atoms with Crippen LogP contribution >= 0.6 is 23.2 Å². The van der Waals surface area contributed by atoms with Gasteiger partial charge in [-0.15, -0.1) is 0 Å². The lowest BCUT2D eigenvalue weighted by Gasteiger charge is -2.16. The maximum absolute atomic E-state index is 12.5. The molecular weight excluding hydrogens is 363 g/mol. The van der Waals surface area contributed by atoms with Gasteiger partial charge in [0.1, 0.15) is 6.10 Å². The van der Waals surface area contributed by atoms with Crippen molar-refractivity contribution in [3.63, 3.8) is 0 Å². The van der Waals surface area contributed by atoms with Crippen LogP contribution in [0.1, 0.15) is 23.2 Å². The van der Waals surface area contributed by atoms with Gasteiger partial charge in [-0.05, 0) is 37.1 Å². The summed E-state index contributed by atoms with van der Waals surface area (Å²) in [6.07, 6.45) is 8.77. The Balaban J connectivity index is 1.83. The molecule has 0 fully saturated rings. The average Bonchev–Trinajstić information content (AvgIpc) is 3.11. The third kappa shape index (κ3) is 4.06. The fraction of sp³-hybridized carbons (Fsp3) is 0.222. The largest absolute Gasteiger partial charge is 0.493 e. The highest BCUT2D eigenvalue weighted by molar-refractivity contribution is 6.39. The molecular formula is C18H16Cl2N2O3. The number of amides is 1. The van der Waals surface area contributed by atoms with Gasteiger partial charge in [-0.3, -0.25) is 9.78 Å². The Bertz CT molecular complexity index is 804. The lowest BCUT2D eigenvalue weighted by atomic mass is 10.1. The van der Waals surface area contributed by atoms with Crippen molar-refractivity contribution in [1.29, 1.82) is 0 Å². The number of nitrogens with zero attached hydrogens (tertiary/aromatic N) is 1. The van der Waals surface area contributed by atoms with Crippen LogP contribution < -0.4 is 14.8 Å². The molecule has 0 unspecified atom stereocenters. The second-order valence-electron chi connectivity index (χ2n) is 5.46. The van der Waals surface area contributed by atoms with Crippen molar-refractivity contribution < 1.29 is 14.3 Å². The van der Waals surface area contributed by atoms with E-state index in [0.717, 1.165) is 12.8 Å². The molecule has 130 valence electrons. The Morgan fingerprint density at radius 2 is 2.00 bits per heavy atom. The molecule has 3 rings (SSSR count). The number of allylic oxidation sites excluding steroid dienone is 1. The van der Waals surface area contributed by atoms with Gasteiger partial charge in [0, 0.05) is 18.0 Å². The van der Waals surface area contributed by atoms with Crippen molar-refractivity contribution in [3.8, 4) is 11.5 Å². The van der Waals surface area contributed by atoms with Gasteiger partial charge in [0.25, 0.3) is 5.91 Å².